The third-order valence-electron chi connectivity index (χ3n) is 4.66. The van der Waals surface area contributed by atoms with Crippen molar-refractivity contribution in [2.45, 2.75) is 40.0 Å². The van der Waals surface area contributed by atoms with Crippen LogP contribution in [-0.2, 0) is 12.8 Å². The average Bonchev–Trinajstić information content (AvgIpc) is 2.97. The SMILES string of the molecule is CCN(CC)c1ccc(C(=O)Nc2nc3c(s2)CC(C)CC3)cc1. The van der Waals surface area contributed by atoms with E-state index in [9.17, 15) is 4.79 Å². The quantitative estimate of drug-likeness (QED) is 0.877. The first-order chi connectivity index (χ1) is 11.6. The summed E-state index contributed by atoms with van der Waals surface area (Å²) in [6.45, 7) is 8.47. The number of nitrogens with one attached hydrogen (secondary N) is 1. The zero-order valence-electron chi connectivity index (χ0n) is 14.6. The highest BCUT2D eigenvalue weighted by molar-refractivity contribution is 7.15. The summed E-state index contributed by atoms with van der Waals surface area (Å²) in [4.78, 5) is 20.7. The molecule has 0 radical (unpaired) electrons. The maximum absolute atomic E-state index is 12.5. The summed E-state index contributed by atoms with van der Waals surface area (Å²) in [5.74, 6) is 0.634. The molecule has 1 unspecified atom stereocenters. The van der Waals surface area contributed by atoms with E-state index < -0.39 is 0 Å². The van der Waals surface area contributed by atoms with E-state index in [0.29, 0.717) is 11.5 Å². The molecule has 0 bridgehead atoms. The van der Waals surface area contributed by atoms with Crippen LogP contribution in [0.25, 0.3) is 0 Å². The third kappa shape index (κ3) is 3.61. The Morgan fingerprint density at radius 3 is 2.67 bits per heavy atom. The van der Waals surface area contributed by atoms with Crippen LogP contribution in [0.1, 0.15) is 48.1 Å². The molecule has 4 nitrogen and oxygen atoms in total. The fourth-order valence-electron chi connectivity index (χ4n) is 3.17. The zero-order valence-corrected chi connectivity index (χ0v) is 15.4. The number of carbonyl (C=O) groups is 1. The molecule has 1 N–H and O–H groups in total. The number of hydrogen-bond donors (Lipinski definition) is 1. The summed E-state index contributed by atoms with van der Waals surface area (Å²) >= 11 is 1.63. The van der Waals surface area contributed by atoms with Gasteiger partial charge in [0, 0.05) is 29.2 Å². The molecule has 0 saturated heterocycles. The van der Waals surface area contributed by atoms with E-state index in [1.165, 1.54) is 17.0 Å². The molecule has 5 heteroatoms. The fourth-order valence-corrected chi connectivity index (χ4v) is 4.34. The molecule has 3 rings (SSSR count). The van der Waals surface area contributed by atoms with Crippen LogP contribution in [0.2, 0.25) is 0 Å². The van der Waals surface area contributed by atoms with Crippen molar-refractivity contribution < 1.29 is 4.79 Å². The van der Waals surface area contributed by atoms with Gasteiger partial charge in [0.2, 0.25) is 0 Å². The minimum absolute atomic E-state index is 0.0831. The Morgan fingerprint density at radius 2 is 2.00 bits per heavy atom. The van der Waals surface area contributed by atoms with Gasteiger partial charge in [-0.15, -0.1) is 11.3 Å². The minimum Gasteiger partial charge on any atom is -0.372 e. The number of nitrogens with zero attached hydrogens (tertiary/aromatic N) is 2. The van der Waals surface area contributed by atoms with Crippen molar-refractivity contribution >= 4 is 28.1 Å². The summed E-state index contributed by atoms with van der Waals surface area (Å²) in [5.41, 5.74) is 2.99. The molecule has 1 aromatic carbocycles. The van der Waals surface area contributed by atoms with Crippen molar-refractivity contribution in [3.8, 4) is 0 Å². The van der Waals surface area contributed by atoms with E-state index in [1.807, 2.05) is 24.3 Å². The van der Waals surface area contributed by atoms with Crippen LogP contribution in [0.15, 0.2) is 24.3 Å². The maximum atomic E-state index is 12.5. The van der Waals surface area contributed by atoms with Crippen LogP contribution in [0.3, 0.4) is 0 Å². The number of carbonyl (C=O) groups excluding carboxylic acids is 1. The van der Waals surface area contributed by atoms with Crippen molar-refractivity contribution in [2.24, 2.45) is 5.92 Å². The van der Waals surface area contributed by atoms with E-state index in [1.54, 1.807) is 11.3 Å². The summed E-state index contributed by atoms with van der Waals surface area (Å²) in [5, 5.41) is 3.69. The van der Waals surface area contributed by atoms with E-state index in [2.05, 4.69) is 36.0 Å². The molecular weight excluding hydrogens is 318 g/mol. The van der Waals surface area contributed by atoms with Gasteiger partial charge in [-0.3, -0.25) is 10.1 Å². The number of fused-ring (bicyclic) bond motifs is 1. The monoisotopic (exact) mass is 343 g/mol. The Hall–Kier alpha value is -1.88. The normalized spacial score (nSPS) is 16.5. The van der Waals surface area contributed by atoms with Crippen molar-refractivity contribution in [3.63, 3.8) is 0 Å². The van der Waals surface area contributed by atoms with Crippen molar-refractivity contribution in [3.05, 3.63) is 40.4 Å². The minimum atomic E-state index is -0.0831. The molecule has 1 aliphatic rings. The lowest BCUT2D eigenvalue weighted by Crippen LogP contribution is -2.21. The number of thiazole rings is 1. The largest absolute Gasteiger partial charge is 0.372 e. The molecule has 0 saturated carbocycles. The van der Waals surface area contributed by atoms with Crippen LogP contribution < -0.4 is 10.2 Å². The fraction of sp³-hybridized carbons (Fsp3) is 0.474. The second-order valence-corrected chi connectivity index (χ2v) is 7.49. The molecule has 0 spiro atoms. The second kappa shape index (κ2) is 7.34. The summed E-state index contributed by atoms with van der Waals surface area (Å²) < 4.78 is 0. The molecule has 1 heterocycles. The summed E-state index contributed by atoms with van der Waals surface area (Å²) in [7, 11) is 0. The van der Waals surface area contributed by atoms with E-state index in [-0.39, 0.29) is 5.91 Å². The van der Waals surface area contributed by atoms with Gasteiger partial charge >= 0.3 is 0 Å². The van der Waals surface area contributed by atoms with Crippen LogP contribution in [0, 0.1) is 5.92 Å². The third-order valence-corrected chi connectivity index (χ3v) is 5.70. The molecule has 1 atom stereocenters. The number of amides is 1. The van der Waals surface area contributed by atoms with Gasteiger partial charge in [-0.05, 0) is 63.3 Å². The number of rotatable bonds is 5. The standard InChI is InChI=1S/C19H25N3OS/c1-4-22(5-2)15-9-7-14(8-10-15)18(23)21-19-20-16-11-6-13(3)12-17(16)24-19/h7-10,13H,4-6,11-12H2,1-3H3,(H,20,21,23). The lowest BCUT2D eigenvalue weighted by molar-refractivity contribution is 0.102. The highest BCUT2D eigenvalue weighted by Gasteiger charge is 2.20. The van der Waals surface area contributed by atoms with Gasteiger partial charge in [0.25, 0.3) is 5.91 Å². The van der Waals surface area contributed by atoms with Crippen LogP contribution in [0.4, 0.5) is 10.8 Å². The zero-order chi connectivity index (χ0) is 17.1. The van der Waals surface area contributed by atoms with E-state index in [4.69, 9.17) is 0 Å². The smallest absolute Gasteiger partial charge is 0.257 e. The van der Waals surface area contributed by atoms with Crippen LogP contribution in [0.5, 0.6) is 0 Å². The Labute approximate surface area is 147 Å². The molecule has 1 aromatic heterocycles. The predicted octanol–water partition coefficient (Wildman–Crippen LogP) is 4.37. The molecule has 0 aliphatic heterocycles. The van der Waals surface area contributed by atoms with Gasteiger partial charge in [0.15, 0.2) is 5.13 Å². The molecule has 2 aromatic rings. The van der Waals surface area contributed by atoms with Crippen molar-refractivity contribution in [1.29, 1.82) is 0 Å². The lowest BCUT2D eigenvalue weighted by atomic mass is 9.93. The van der Waals surface area contributed by atoms with Gasteiger partial charge in [-0.25, -0.2) is 4.98 Å². The molecular formula is C19H25N3OS. The number of aromatic nitrogens is 1. The van der Waals surface area contributed by atoms with Gasteiger partial charge in [0.1, 0.15) is 0 Å². The van der Waals surface area contributed by atoms with E-state index >= 15 is 0 Å². The van der Waals surface area contributed by atoms with Crippen LogP contribution in [-0.4, -0.2) is 24.0 Å². The maximum Gasteiger partial charge on any atom is 0.257 e. The first-order valence-electron chi connectivity index (χ1n) is 8.75. The number of anilines is 2. The average molecular weight is 343 g/mol. The predicted molar refractivity (Wildman–Crippen MR) is 101 cm³/mol. The van der Waals surface area contributed by atoms with Gasteiger partial charge in [-0.2, -0.15) is 0 Å². The highest BCUT2D eigenvalue weighted by Crippen LogP contribution is 2.32. The second-order valence-electron chi connectivity index (χ2n) is 6.41. The van der Waals surface area contributed by atoms with Crippen molar-refractivity contribution in [2.75, 3.05) is 23.3 Å². The lowest BCUT2D eigenvalue weighted by Gasteiger charge is -2.20. The van der Waals surface area contributed by atoms with Crippen LogP contribution >= 0.6 is 11.3 Å². The Bertz CT molecular complexity index is 704. The molecule has 1 amide bonds. The first-order valence-corrected chi connectivity index (χ1v) is 9.57. The molecule has 128 valence electrons. The summed E-state index contributed by atoms with van der Waals surface area (Å²) in [6, 6.07) is 7.80. The van der Waals surface area contributed by atoms with Gasteiger partial charge < -0.3 is 4.90 Å². The van der Waals surface area contributed by atoms with E-state index in [0.717, 1.165) is 36.8 Å². The summed E-state index contributed by atoms with van der Waals surface area (Å²) in [6.07, 6.45) is 3.31. The topological polar surface area (TPSA) is 45.2 Å². The number of hydrogen-bond acceptors (Lipinski definition) is 4. The number of benzene rings is 1. The molecule has 24 heavy (non-hydrogen) atoms. The van der Waals surface area contributed by atoms with Gasteiger partial charge in [0.05, 0.1) is 5.69 Å². The molecule has 0 fully saturated rings. The number of aryl methyl sites for hydroxylation is 1. The Kier molecular flexibility index (Phi) is 5.19. The molecule has 1 aliphatic carbocycles. The van der Waals surface area contributed by atoms with Crippen molar-refractivity contribution in [1.82, 2.24) is 4.98 Å². The first kappa shape index (κ1) is 17.0. The highest BCUT2D eigenvalue weighted by atomic mass is 32.1. The Morgan fingerprint density at radius 1 is 1.29 bits per heavy atom. The Balaban J connectivity index is 1.69. The van der Waals surface area contributed by atoms with Gasteiger partial charge in [-0.1, -0.05) is 6.92 Å².